The highest BCUT2D eigenvalue weighted by Gasteiger charge is 2.59. The Labute approximate surface area is 179 Å². The van der Waals surface area contributed by atoms with Crippen LogP contribution in [0, 0.1) is 11.3 Å². The van der Waals surface area contributed by atoms with Crippen molar-refractivity contribution in [3.63, 3.8) is 0 Å². The Bertz CT molecular complexity index is 932. The first-order valence-electron chi connectivity index (χ1n) is 9.22. The van der Waals surface area contributed by atoms with E-state index in [2.05, 4.69) is 15.5 Å². The second kappa shape index (κ2) is 8.59. The third-order valence-electron chi connectivity index (χ3n) is 4.60. The molecule has 1 aromatic heterocycles. The molecule has 11 nitrogen and oxygen atoms in total. The molecule has 0 saturated carbocycles. The lowest BCUT2D eigenvalue weighted by Crippen LogP contribution is -2.60. The molecule has 1 aromatic rings. The summed E-state index contributed by atoms with van der Waals surface area (Å²) < 4.78 is 45.2. The van der Waals surface area contributed by atoms with Crippen LogP contribution in [0.1, 0.15) is 32.8 Å². The molecule has 0 aromatic carbocycles. The zero-order valence-corrected chi connectivity index (χ0v) is 17.3. The highest BCUT2D eigenvalue weighted by Crippen LogP contribution is 2.44. The van der Waals surface area contributed by atoms with Crippen molar-refractivity contribution < 1.29 is 47.3 Å². The van der Waals surface area contributed by atoms with Crippen LogP contribution in [0.2, 0.25) is 0 Å². The van der Waals surface area contributed by atoms with Gasteiger partial charge >= 0.3 is 24.3 Å². The molecular formula is C18H21F3N4O7. The summed E-state index contributed by atoms with van der Waals surface area (Å²) >= 11 is 0. The third-order valence-corrected chi connectivity index (χ3v) is 4.60. The average Bonchev–Trinajstić information content (AvgIpc) is 2.60. The maximum absolute atomic E-state index is 13.4. The number of ether oxygens (including phenoxy) is 1. The second-order valence-corrected chi connectivity index (χ2v) is 8.28. The van der Waals surface area contributed by atoms with Crippen molar-refractivity contribution in [1.29, 1.82) is 0 Å². The normalized spacial score (nSPS) is 21.8. The zero-order valence-electron chi connectivity index (χ0n) is 17.3. The molecule has 0 aliphatic carbocycles. The molecular weight excluding hydrogens is 441 g/mol. The van der Waals surface area contributed by atoms with Gasteiger partial charge in [0.25, 0.3) is 0 Å². The average molecular weight is 462 g/mol. The molecule has 14 heteroatoms. The smallest absolute Gasteiger partial charge is 0.414 e. The van der Waals surface area contributed by atoms with E-state index in [0.717, 1.165) is 12.3 Å². The molecule has 3 N–H and O–H groups in total. The summed E-state index contributed by atoms with van der Waals surface area (Å²) in [7, 11) is 0. The van der Waals surface area contributed by atoms with Crippen molar-refractivity contribution in [1.82, 2.24) is 15.1 Å². The Morgan fingerprint density at radius 1 is 1.28 bits per heavy atom. The van der Waals surface area contributed by atoms with Crippen LogP contribution in [0.5, 0.6) is 0 Å². The fourth-order valence-electron chi connectivity index (χ4n) is 3.24. The fourth-order valence-corrected chi connectivity index (χ4v) is 3.24. The number of nitrogens with one attached hydrogen (secondary N) is 1. The van der Waals surface area contributed by atoms with Crippen molar-refractivity contribution in [2.75, 3.05) is 11.9 Å². The summed E-state index contributed by atoms with van der Waals surface area (Å²) in [6.45, 7) is 3.61. The van der Waals surface area contributed by atoms with Crippen molar-refractivity contribution in [2.45, 2.75) is 45.4 Å². The van der Waals surface area contributed by atoms with Crippen LogP contribution < -0.4 is 5.32 Å². The van der Waals surface area contributed by atoms with Gasteiger partial charge in [-0.15, -0.1) is 5.10 Å². The van der Waals surface area contributed by atoms with Crippen molar-refractivity contribution in [2.24, 2.45) is 11.3 Å². The Balaban J connectivity index is 2.39. The molecule has 0 spiro atoms. The number of aliphatic carboxylic acids is 1. The Hall–Kier alpha value is -3.45. The first kappa shape index (κ1) is 24.8. The number of hydrogen-bond acceptors (Lipinski definition) is 7. The topological polar surface area (TPSA) is 159 Å². The van der Waals surface area contributed by atoms with Crippen LogP contribution in [0.3, 0.4) is 0 Å². The molecule has 2 heterocycles. The van der Waals surface area contributed by atoms with Crippen LogP contribution in [-0.2, 0) is 20.7 Å². The summed E-state index contributed by atoms with van der Waals surface area (Å²) in [6, 6.07) is 1.11. The lowest BCUT2D eigenvalue weighted by atomic mass is 9.71. The summed E-state index contributed by atoms with van der Waals surface area (Å²) in [5.74, 6) is -5.98. The molecule has 0 bridgehead atoms. The van der Waals surface area contributed by atoms with E-state index in [1.165, 1.54) is 0 Å². The highest BCUT2D eigenvalue weighted by molar-refractivity contribution is 6.07. The number of piperidine rings is 1. The summed E-state index contributed by atoms with van der Waals surface area (Å²) in [5.41, 5.74) is -3.62. The van der Waals surface area contributed by atoms with Crippen LogP contribution in [-0.4, -0.2) is 67.7 Å². The Morgan fingerprint density at radius 3 is 2.41 bits per heavy atom. The van der Waals surface area contributed by atoms with Crippen LogP contribution in [0.4, 0.5) is 28.6 Å². The first-order valence-corrected chi connectivity index (χ1v) is 9.22. The molecule has 176 valence electrons. The number of aromatic nitrogens is 2. The minimum Gasteiger partial charge on any atom is -0.480 e. The molecule has 3 amide bonds. The van der Waals surface area contributed by atoms with Crippen molar-refractivity contribution >= 4 is 29.9 Å². The zero-order chi connectivity index (χ0) is 24.5. The van der Waals surface area contributed by atoms with Gasteiger partial charge in [0, 0.05) is 6.54 Å². The summed E-state index contributed by atoms with van der Waals surface area (Å²) in [4.78, 5) is 47.8. The fraction of sp³-hybridized carbons (Fsp3) is 0.556. The van der Waals surface area contributed by atoms with E-state index < -0.39 is 66.6 Å². The predicted molar refractivity (Wildman–Crippen MR) is 99.6 cm³/mol. The Kier molecular flexibility index (Phi) is 6.66. The van der Waals surface area contributed by atoms with E-state index in [9.17, 15) is 37.5 Å². The SMILES string of the molecule is CC(C)(C)OC(=O)Nc1cc(CC2(C(=O)O)C[C@H](C(F)(F)F)CN(C(=O)O)C2=O)cnn1. The van der Waals surface area contributed by atoms with Gasteiger partial charge in [0.15, 0.2) is 11.2 Å². The lowest BCUT2D eigenvalue weighted by Gasteiger charge is -2.41. The largest absolute Gasteiger partial charge is 0.480 e. The number of carboxylic acid groups (broad SMARTS) is 2. The van der Waals surface area contributed by atoms with Crippen molar-refractivity contribution in [3.05, 3.63) is 17.8 Å². The molecule has 1 fully saturated rings. The van der Waals surface area contributed by atoms with E-state index in [-0.39, 0.29) is 16.3 Å². The number of rotatable bonds is 4. The molecule has 1 unspecified atom stereocenters. The van der Waals surface area contributed by atoms with Gasteiger partial charge in [-0.3, -0.25) is 14.9 Å². The van der Waals surface area contributed by atoms with Gasteiger partial charge in [-0.1, -0.05) is 0 Å². The van der Waals surface area contributed by atoms with E-state index >= 15 is 0 Å². The van der Waals surface area contributed by atoms with Gasteiger partial charge in [0.2, 0.25) is 5.91 Å². The molecule has 32 heavy (non-hydrogen) atoms. The first-order chi connectivity index (χ1) is 14.5. The lowest BCUT2D eigenvalue weighted by molar-refractivity contribution is -0.203. The van der Waals surface area contributed by atoms with E-state index in [1.54, 1.807) is 20.8 Å². The van der Waals surface area contributed by atoms with Crippen LogP contribution in [0.25, 0.3) is 0 Å². The number of nitrogens with zero attached hydrogens (tertiary/aromatic N) is 3. The monoisotopic (exact) mass is 462 g/mol. The maximum Gasteiger partial charge on any atom is 0.414 e. The van der Waals surface area contributed by atoms with Gasteiger partial charge < -0.3 is 14.9 Å². The number of likely N-dealkylation sites (tertiary alicyclic amines) is 1. The summed E-state index contributed by atoms with van der Waals surface area (Å²) in [6.07, 6.45) is -8.81. The van der Waals surface area contributed by atoms with Gasteiger partial charge in [-0.2, -0.15) is 18.3 Å². The second-order valence-electron chi connectivity index (χ2n) is 8.28. The number of hydrogen-bond donors (Lipinski definition) is 3. The number of carbonyl (C=O) groups is 4. The Morgan fingerprint density at radius 2 is 1.91 bits per heavy atom. The van der Waals surface area contributed by atoms with Crippen LogP contribution >= 0.6 is 0 Å². The van der Waals surface area contributed by atoms with Gasteiger partial charge in [-0.25, -0.2) is 14.5 Å². The van der Waals surface area contributed by atoms with E-state index in [1.807, 2.05) is 0 Å². The minimum absolute atomic E-state index is 0.0602. The molecule has 1 saturated heterocycles. The minimum atomic E-state index is -4.94. The van der Waals surface area contributed by atoms with Gasteiger partial charge in [0.1, 0.15) is 5.60 Å². The van der Waals surface area contributed by atoms with Crippen LogP contribution in [0.15, 0.2) is 12.3 Å². The summed E-state index contributed by atoms with van der Waals surface area (Å²) in [5, 5.41) is 28.3. The van der Waals surface area contributed by atoms with E-state index in [0.29, 0.717) is 0 Å². The molecule has 1 aliphatic heterocycles. The van der Waals surface area contributed by atoms with Crippen molar-refractivity contribution in [3.8, 4) is 0 Å². The van der Waals surface area contributed by atoms with Gasteiger partial charge in [0.05, 0.1) is 12.1 Å². The number of anilines is 1. The number of amides is 3. The molecule has 2 atom stereocenters. The number of alkyl halides is 3. The number of carboxylic acids is 1. The quantitative estimate of drug-likeness (QED) is 0.572. The molecule has 1 aliphatic rings. The maximum atomic E-state index is 13.4. The highest BCUT2D eigenvalue weighted by atomic mass is 19.4. The number of carbonyl (C=O) groups excluding carboxylic acids is 2. The number of imide groups is 1. The van der Waals surface area contributed by atoms with Gasteiger partial charge in [-0.05, 0) is 45.2 Å². The molecule has 0 radical (unpaired) electrons. The van der Waals surface area contributed by atoms with E-state index in [4.69, 9.17) is 9.84 Å². The standard InChI is InChI=1S/C18H21F3N4O7/c1-16(2,3)32-14(29)23-11-4-9(7-22-24-11)5-17(13(27)28)6-10(18(19,20)21)8-25(12(17)26)15(30)31/h4,7,10H,5-6,8H2,1-3H3,(H,27,28)(H,30,31)(H,23,24,29)/t10-,17?/m0/s1. The predicted octanol–water partition coefficient (Wildman–Crippen LogP) is 2.53. The third kappa shape index (κ3) is 5.62. The number of halogens is 3. The molecule has 2 rings (SSSR count).